The third-order valence-electron chi connectivity index (χ3n) is 1.71. The van der Waals surface area contributed by atoms with Gasteiger partial charge in [0, 0.05) is 25.2 Å². The minimum absolute atomic E-state index is 0.288. The highest BCUT2D eigenvalue weighted by Gasteiger charge is 2.10. The van der Waals surface area contributed by atoms with Crippen LogP contribution in [0.5, 0.6) is 0 Å². The lowest BCUT2D eigenvalue weighted by Crippen LogP contribution is -2.12. The van der Waals surface area contributed by atoms with Gasteiger partial charge in [-0.1, -0.05) is 0 Å². The van der Waals surface area contributed by atoms with Crippen molar-refractivity contribution >= 4 is 23.2 Å². The predicted molar refractivity (Wildman–Crippen MR) is 49.6 cm³/mol. The lowest BCUT2D eigenvalue weighted by molar-refractivity contribution is 0.594. The van der Waals surface area contributed by atoms with Gasteiger partial charge in [-0.2, -0.15) is 5.10 Å². The van der Waals surface area contributed by atoms with E-state index in [0.29, 0.717) is 11.8 Å². The van der Waals surface area contributed by atoms with Crippen LogP contribution >= 0.6 is 23.2 Å². The molecule has 5 heteroatoms. The van der Waals surface area contributed by atoms with Gasteiger partial charge in [-0.15, -0.1) is 23.2 Å². The zero-order valence-corrected chi connectivity index (χ0v) is 8.39. The predicted octanol–water partition coefficient (Wildman–Crippen LogP) is 1.45. The molecule has 0 radical (unpaired) electrons. The molecule has 12 heavy (non-hydrogen) atoms. The van der Waals surface area contributed by atoms with Crippen LogP contribution in [-0.4, -0.2) is 26.5 Å². The first-order chi connectivity index (χ1) is 5.77. The Hall–Kier alpha value is -0.280. The van der Waals surface area contributed by atoms with Crippen LogP contribution < -0.4 is 0 Å². The molecule has 0 aliphatic rings. The van der Waals surface area contributed by atoms with Crippen LogP contribution in [0.4, 0.5) is 0 Å². The molecule has 0 aromatic carbocycles. The Labute approximate surface area is 81.7 Å². The normalized spacial score (nSPS) is 11.0. The van der Waals surface area contributed by atoms with Crippen molar-refractivity contribution in [2.45, 2.75) is 6.42 Å². The Balaban J connectivity index is 2.56. The molecule has 0 fully saturated rings. The van der Waals surface area contributed by atoms with Gasteiger partial charge in [0.2, 0.25) is 0 Å². The summed E-state index contributed by atoms with van der Waals surface area (Å²) in [6.07, 6.45) is 2.33. The molecule has 68 valence electrons. The third kappa shape index (κ3) is 2.35. The quantitative estimate of drug-likeness (QED) is 0.701. The summed E-state index contributed by atoms with van der Waals surface area (Å²) in [5.41, 5.74) is 0. The highest BCUT2D eigenvalue weighted by atomic mass is 35.5. The first-order valence-corrected chi connectivity index (χ1v) is 4.79. The van der Waals surface area contributed by atoms with Gasteiger partial charge in [0.1, 0.15) is 12.2 Å². The van der Waals surface area contributed by atoms with Crippen LogP contribution in [0.1, 0.15) is 5.82 Å². The number of hydrogen-bond donors (Lipinski definition) is 0. The van der Waals surface area contributed by atoms with Crippen LogP contribution in [0.2, 0.25) is 0 Å². The first kappa shape index (κ1) is 9.81. The zero-order chi connectivity index (χ0) is 8.97. The SMILES string of the molecule is Cn1ncnc1CC(CCl)CCl. The minimum Gasteiger partial charge on any atom is -0.253 e. The molecule has 1 aromatic rings. The molecule has 0 spiro atoms. The summed E-state index contributed by atoms with van der Waals surface area (Å²) in [6.45, 7) is 0. The van der Waals surface area contributed by atoms with Gasteiger partial charge in [-0.05, 0) is 5.92 Å². The summed E-state index contributed by atoms with van der Waals surface area (Å²) < 4.78 is 1.74. The van der Waals surface area contributed by atoms with Gasteiger partial charge in [0.25, 0.3) is 0 Å². The van der Waals surface area contributed by atoms with E-state index < -0.39 is 0 Å². The average molecular weight is 208 g/mol. The molecule has 0 N–H and O–H groups in total. The van der Waals surface area contributed by atoms with E-state index in [1.165, 1.54) is 6.33 Å². The highest BCUT2D eigenvalue weighted by molar-refractivity contribution is 6.20. The minimum atomic E-state index is 0.288. The van der Waals surface area contributed by atoms with Crippen molar-refractivity contribution in [3.05, 3.63) is 12.2 Å². The monoisotopic (exact) mass is 207 g/mol. The van der Waals surface area contributed by atoms with E-state index in [2.05, 4.69) is 10.1 Å². The Morgan fingerprint density at radius 2 is 2.17 bits per heavy atom. The Kier molecular flexibility index (Phi) is 3.82. The van der Waals surface area contributed by atoms with E-state index in [1.807, 2.05) is 7.05 Å². The van der Waals surface area contributed by atoms with Crippen molar-refractivity contribution in [3.63, 3.8) is 0 Å². The summed E-state index contributed by atoms with van der Waals surface area (Å²) in [7, 11) is 1.86. The maximum absolute atomic E-state index is 5.70. The van der Waals surface area contributed by atoms with Crippen molar-refractivity contribution < 1.29 is 0 Å². The number of rotatable bonds is 4. The smallest absolute Gasteiger partial charge is 0.138 e. The number of hydrogen-bond acceptors (Lipinski definition) is 2. The van der Waals surface area contributed by atoms with E-state index in [0.717, 1.165) is 12.2 Å². The van der Waals surface area contributed by atoms with Gasteiger partial charge < -0.3 is 0 Å². The first-order valence-electron chi connectivity index (χ1n) is 3.72. The largest absolute Gasteiger partial charge is 0.253 e. The van der Waals surface area contributed by atoms with Gasteiger partial charge in [0.05, 0.1) is 0 Å². The molecule has 1 heterocycles. The molecule has 0 aliphatic heterocycles. The fraction of sp³-hybridized carbons (Fsp3) is 0.714. The third-order valence-corrected chi connectivity index (χ3v) is 2.59. The molecule has 0 unspecified atom stereocenters. The van der Waals surface area contributed by atoms with Gasteiger partial charge in [0.15, 0.2) is 0 Å². The molecular weight excluding hydrogens is 197 g/mol. The standard InChI is InChI=1S/C7H11Cl2N3/c1-12-7(10-5-11-12)2-6(3-8)4-9/h5-6H,2-4H2,1H3. The number of nitrogens with zero attached hydrogens (tertiary/aromatic N) is 3. The lowest BCUT2D eigenvalue weighted by atomic mass is 10.1. The fourth-order valence-corrected chi connectivity index (χ4v) is 1.46. The highest BCUT2D eigenvalue weighted by Crippen LogP contribution is 2.09. The van der Waals surface area contributed by atoms with Gasteiger partial charge >= 0.3 is 0 Å². The summed E-state index contributed by atoms with van der Waals surface area (Å²) in [6, 6.07) is 0. The maximum atomic E-state index is 5.70. The second kappa shape index (κ2) is 4.67. The van der Waals surface area contributed by atoms with Crippen LogP contribution in [0.3, 0.4) is 0 Å². The number of aryl methyl sites for hydroxylation is 1. The van der Waals surface area contributed by atoms with Crippen LogP contribution in [0, 0.1) is 5.92 Å². The van der Waals surface area contributed by atoms with Crippen LogP contribution in [-0.2, 0) is 13.5 Å². The number of alkyl halides is 2. The van der Waals surface area contributed by atoms with E-state index in [9.17, 15) is 0 Å². The summed E-state index contributed by atoms with van der Waals surface area (Å²) in [4.78, 5) is 4.09. The molecule has 0 saturated heterocycles. The Morgan fingerprint density at radius 1 is 1.50 bits per heavy atom. The summed E-state index contributed by atoms with van der Waals surface area (Å²) in [5.74, 6) is 2.35. The molecule has 1 rings (SSSR count). The molecule has 0 bridgehead atoms. The molecular formula is C7H11Cl2N3. The second-order valence-electron chi connectivity index (χ2n) is 2.68. The average Bonchev–Trinajstić information content (AvgIpc) is 2.47. The van der Waals surface area contributed by atoms with Crippen LogP contribution in [0.15, 0.2) is 6.33 Å². The number of aromatic nitrogens is 3. The molecule has 0 saturated carbocycles. The second-order valence-corrected chi connectivity index (χ2v) is 3.30. The Morgan fingerprint density at radius 3 is 2.58 bits per heavy atom. The van der Waals surface area contributed by atoms with Crippen molar-refractivity contribution in [1.82, 2.24) is 14.8 Å². The molecule has 0 aliphatic carbocycles. The van der Waals surface area contributed by atoms with Crippen molar-refractivity contribution in [1.29, 1.82) is 0 Å². The summed E-state index contributed by atoms with van der Waals surface area (Å²) >= 11 is 11.4. The Bertz CT molecular complexity index is 232. The molecule has 0 amide bonds. The molecule has 0 atom stereocenters. The van der Waals surface area contributed by atoms with Gasteiger partial charge in [-0.25, -0.2) is 4.98 Å². The van der Waals surface area contributed by atoms with E-state index >= 15 is 0 Å². The van der Waals surface area contributed by atoms with Crippen LogP contribution in [0.25, 0.3) is 0 Å². The van der Waals surface area contributed by atoms with E-state index in [1.54, 1.807) is 4.68 Å². The molecule has 3 nitrogen and oxygen atoms in total. The van der Waals surface area contributed by atoms with E-state index in [-0.39, 0.29) is 5.92 Å². The van der Waals surface area contributed by atoms with Crippen molar-refractivity contribution in [2.24, 2.45) is 13.0 Å². The maximum Gasteiger partial charge on any atom is 0.138 e. The number of halogens is 2. The fourth-order valence-electron chi connectivity index (χ4n) is 0.913. The zero-order valence-electron chi connectivity index (χ0n) is 6.87. The van der Waals surface area contributed by atoms with E-state index in [4.69, 9.17) is 23.2 Å². The van der Waals surface area contributed by atoms with Crippen molar-refractivity contribution in [2.75, 3.05) is 11.8 Å². The molecule has 1 aromatic heterocycles. The topological polar surface area (TPSA) is 30.7 Å². The van der Waals surface area contributed by atoms with Gasteiger partial charge in [-0.3, -0.25) is 4.68 Å². The summed E-state index contributed by atoms with van der Waals surface area (Å²) in [5, 5.41) is 3.96. The lowest BCUT2D eigenvalue weighted by Gasteiger charge is -2.07. The van der Waals surface area contributed by atoms with Crippen molar-refractivity contribution in [3.8, 4) is 0 Å².